The van der Waals surface area contributed by atoms with E-state index in [0.717, 1.165) is 22.9 Å². The number of aromatic nitrogens is 1. The predicted molar refractivity (Wildman–Crippen MR) is 102 cm³/mol. The van der Waals surface area contributed by atoms with Crippen LogP contribution in [0.5, 0.6) is 0 Å². The molecule has 2 aromatic carbocycles. The third kappa shape index (κ3) is 4.74. The Hall–Kier alpha value is -1.49. The molecule has 0 saturated carbocycles. The zero-order valence-electron chi connectivity index (χ0n) is 12.8. The topological polar surface area (TPSA) is 24.9 Å². The molecule has 2 nitrogen and oxygen atoms in total. The van der Waals surface area contributed by atoms with Crippen LogP contribution in [0.2, 0.25) is 4.47 Å². The molecule has 0 aliphatic heterocycles. The maximum absolute atomic E-state index is 5.88. The SMILES string of the molecule is Cc1cccc(CSc2ccccc2NCc2cnc(Cl)s2)c1. The van der Waals surface area contributed by atoms with E-state index in [1.165, 1.54) is 27.4 Å². The Bertz CT molecular complexity index is 786. The lowest BCUT2D eigenvalue weighted by Gasteiger charge is -2.11. The minimum Gasteiger partial charge on any atom is -0.379 e. The summed E-state index contributed by atoms with van der Waals surface area (Å²) in [7, 11) is 0. The summed E-state index contributed by atoms with van der Waals surface area (Å²) in [6, 6.07) is 17.1. The molecule has 0 atom stereocenters. The number of rotatable bonds is 6. The summed E-state index contributed by atoms with van der Waals surface area (Å²) >= 11 is 9.24. The number of halogens is 1. The number of anilines is 1. The van der Waals surface area contributed by atoms with Crippen LogP contribution in [0.4, 0.5) is 5.69 Å². The van der Waals surface area contributed by atoms with Crippen molar-refractivity contribution in [2.45, 2.75) is 24.1 Å². The lowest BCUT2D eigenvalue weighted by atomic mass is 10.2. The molecule has 5 heteroatoms. The number of hydrogen-bond acceptors (Lipinski definition) is 4. The van der Waals surface area contributed by atoms with Gasteiger partial charge in [-0.05, 0) is 24.6 Å². The van der Waals surface area contributed by atoms with Gasteiger partial charge < -0.3 is 5.32 Å². The fourth-order valence-corrected chi connectivity index (χ4v) is 4.14. The number of thiazole rings is 1. The summed E-state index contributed by atoms with van der Waals surface area (Å²) in [4.78, 5) is 6.46. The lowest BCUT2D eigenvalue weighted by molar-refractivity contribution is 1.15. The van der Waals surface area contributed by atoms with E-state index in [-0.39, 0.29) is 0 Å². The van der Waals surface area contributed by atoms with E-state index < -0.39 is 0 Å². The Morgan fingerprint density at radius 3 is 2.83 bits per heavy atom. The molecule has 0 bridgehead atoms. The number of nitrogens with zero attached hydrogens (tertiary/aromatic N) is 1. The van der Waals surface area contributed by atoms with Gasteiger partial charge in [-0.1, -0.05) is 53.6 Å². The van der Waals surface area contributed by atoms with Crippen LogP contribution in [0.15, 0.2) is 59.6 Å². The van der Waals surface area contributed by atoms with E-state index in [4.69, 9.17) is 11.6 Å². The normalized spacial score (nSPS) is 10.7. The van der Waals surface area contributed by atoms with E-state index in [1.807, 2.05) is 18.0 Å². The van der Waals surface area contributed by atoms with Crippen LogP contribution in [0, 0.1) is 6.92 Å². The fourth-order valence-electron chi connectivity index (χ4n) is 2.25. The molecule has 3 rings (SSSR count). The van der Waals surface area contributed by atoms with Crippen molar-refractivity contribution in [3.8, 4) is 0 Å². The maximum Gasteiger partial charge on any atom is 0.183 e. The highest BCUT2D eigenvalue weighted by Gasteiger charge is 2.05. The van der Waals surface area contributed by atoms with Crippen molar-refractivity contribution in [1.82, 2.24) is 4.98 Å². The average molecular weight is 361 g/mol. The minimum atomic E-state index is 0.587. The number of thioether (sulfide) groups is 1. The molecular formula is C18H17ClN2S2. The zero-order valence-corrected chi connectivity index (χ0v) is 15.1. The van der Waals surface area contributed by atoms with E-state index in [0.29, 0.717) is 4.47 Å². The highest BCUT2D eigenvalue weighted by atomic mass is 35.5. The van der Waals surface area contributed by atoms with Gasteiger partial charge in [0.25, 0.3) is 0 Å². The van der Waals surface area contributed by atoms with Crippen LogP contribution in [-0.2, 0) is 12.3 Å². The maximum atomic E-state index is 5.88. The summed E-state index contributed by atoms with van der Waals surface area (Å²) in [6.07, 6.45) is 1.82. The van der Waals surface area contributed by atoms with Gasteiger partial charge in [0, 0.05) is 27.4 Å². The number of hydrogen-bond donors (Lipinski definition) is 1. The number of benzene rings is 2. The number of aryl methyl sites for hydroxylation is 1. The highest BCUT2D eigenvalue weighted by Crippen LogP contribution is 2.30. The van der Waals surface area contributed by atoms with Crippen LogP contribution >= 0.6 is 34.7 Å². The first-order valence-corrected chi connectivity index (χ1v) is 9.50. The van der Waals surface area contributed by atoms with Crippen molar-refractivity contribution in [1.29, 1.82) is 0 Å². The molecular weight excluding hydrogens is 344 g/mol. The van der Waals surface area contributed by atoms with Crippen LogP contribution in [0.1, 0.15) is 16.0 Å². The first-order chi connectivity index (χ1) is 11.2. The van der Waals surface area contributed by atoms with Crippen LogP contribution in [0.25, 0.3) is 0 Å². The summed E-state index contributed by atoms with van der Waals surface area (Å²) in [5.41, 5.74) is 3.80. The average Bonchev–Trinajstić information content (AvgIpc) is 2.97. The smallest absolute Gasteiger partial charge is 0.183 e. The van der Waals surface area contributed by atoms with Gasteiger partial charge in [0.2, 0.25) is 0 Å². The summed E-state index contributed by atoms with van der Waals surface area (Å²) in [5, 5.41) is 3.48. The van der Waals surface area contributed by atoms with E-state index in [1.54, 1.807) is 0 Å². The van der Waals surface area contributed by atoms with E-state index in [9.17, 15) is 0 Å². The number of para-hydroxylation sites is 1. The van der Waals surface area contributed by atoms with Crippen molar-refractivity contribution >= 4 is 40.4 Å². The Kier molecular flexibility index (Phi) is 5.60. The van der Waals surface area contributed by atoms with Crippen molar-refractivity contribution < 1.29 is 0 Å². The largest absolute Gasteiger partial charge is 0.379 e. The summed E-state index contributed by atoms with van der Waals surface area (Å²) < 4.78 is 0.587. The second kappa shape index (κ2) is 7.86. The summed E-state index contributed by atoms with van der Waals surface area (Å²) in [6.45, 7) is 2.87. The van der Waals surface area contributed by atoms with E-state index in [2.05, 4.69) is 65.8 Å². The van der Waals surface area contributed by atoms with Gasteiger partial charge in [0.15, 0.2) is 4.47 Å². The second-order valence-electron chi connectivity index (χ2n) is 5.21. The first-order valence-electron chi connectivity index (χ1n) is 7.32. The highest BCUT2D eigenvalue weighted by molar-refractivity contribution is 7.98. The third-order valence-electron chi connectivity index (χ3n) is 3.34. The molecule has 0 aliphatic rings. The molecule has 118 valence electrons. The summed E-state index contributed by atoms with van der Waals surface area (Å²) in [5.74, 6) is 0.965. The molecule has 0 unspecified atom stereocenters. The molecule has 0 spiro atoms. The molecule has 0 amide bonds. The Morgan fingerprint density at radius 2 is 2.04 bits per heavy atom. The van der Waals surface area contributed by atoms with Gasteiger partial charge in [-0.25, -0.2) is 4.98 Å². The van der Waals surface area contributed by atoms with Gasteiger partial charge >= 0.3 is 0 Å². The molecule has 0 aliphatic carbocycles. The third-order valence-corrected chi connectivity index (χ3v) is 5.60. The number of nitrogens with one attached hydrogen (secondary N) is 1. The van der Waals surface area contributed by atoms with Gasteiger partial charge in [-0.3, -0.25) is 0 Å². The predicted octanol–water partition coefficient (Wildman–Crippen LogP) is 6.01. The van der Waals surface area contributed by atoms with E-state index >= 15 is 0 Å². The Balaban J connectivity index is 1.65. The van der Waals surface area contributed by atoms with Crippen molar-refractivity contribution in [3.05, 3.63) is 75.2 Å². The van der Waals surface area contributed by atoms with Crippen molar-refractivity contribution in [2.24, 2.45) is 0 Å². The van der Waals surface area contributed by atoms with Crippen LogP contribution < -0.4 is 5.32 Å². The standard InChI is InChI=1S/C18H17ClN2S2/c1-13-5-4-6-14(9-13)12-22-17-8-3-2-7-16(17)20-10-15-11-21-18(19)23-15/h2-9,11,20H,10,12H2,1H3. The lowest BCUT2D eigenvalue weighted by Crippen LogP contribution is -1.98. The van der Waals surface area contributed by atoms with Gasteiger partial charge in [0.1, 0.15) is 0 Å². The van der Waals surface area contributed by atoms with Crippen molar-refractivity contribution in [2.75, 3.05) is 5.32 Å². The van der Waals surface area contributed by atoms with Crippen LogP contribution in [-0.4, -0.2) is 4.98 Å². The molecule has 0 saturated heterocycles. The first kappa shape index (κ1) is 16.4. The molecule has 0 radical (unpaired) electrons. The zero-order chi connectivity index (χ0) is 16.1. The molecule has 1 N–H and O–H groups in total. The quantitative estimate of drug-likeness (QED) is 0.545. The minimum absolute atomic E-state index is 0.587. The van der Waals surface area contributed by atoms with Crippen molar-refractivity contribution in [3.63, 3.8) is 0 Å². The van der Waals surface area contributed by atoms with Gasteiger partial charge in [-0.2, -0.15) is 0 Å². The monoisotopic (exact) mass is 360 g/mol. The molecule has 1 aromatic heterocycles. The Morgan fingerprint density at radius 1 is 1.17 bits per heavy atom. The van der Waals surface area contributed by atoms with Gasteiger partial charge in [0.05, 0.1) is 6.54 Å². The Labute approximate surface area is 149 Å². The molecule has 0 fully saturated rings. The fraction of sp³-hybridized carbons (Fsp3) is 0.167. The second-order valence-corrected chi connectivity index (χ2v) is 7.92. The van der Waals surface area contributed by atoms with Crippen LogP contribution in [0.3, 0.4) is 0 Å². The van der Waals surface area contributed by atoms with Gasteiger partial charge in [-0.15, -0.1) is 23.1 Å². The molecule has 1 heterocycles. The molecule has 3 aromatic rings. The molecule has 23 heavy (non-hydrogen) atoms.